The summed E-state index contributed by atoms with van der Waals surface area (Å²) in [6.07, 6.45) is 0. The number of esters is 1. The number of rotatable bonds is 2. The zero-order valence-electron chi connectivity index (χ0n) is 12.3. The largest absolute Gasteiger partial charge is 0.464 e. The first-order valence-corrected chi connectivity index (χ1v) is 6.82. The van der Waals surface area contributed by atoms with E-state index in [2.05, 4.69) is 17.1 Å². The smallest absolute Gasteiger partial charge is 0.355 e. The molecule has 0 bridgehead atoms. The van der Waals surface area contributed by atoms with Crippen LogP contribution in [0.1, 0.15) is 21.6 Å². The van der Waals surface area contributed by atoms with Crippen LogP contribution in [0, 0.1) is 22.7 Å². The van der Waals surface area contributed by atoms with Crippen molar-refractivity contribution in [3.8, 4) is 23.3 Å². The highest BCUT2D eigenvalue weighted by molar-refractivity contribution is 6.08. The minimum atomic E-state index is -0.487. The molecule has 5 nitrogen and oxygen atoms in total. The molecule has 0 saturated carbocycles. The SMILES string of the molecule is COC(=O)c1[nH]c2cc(C#N)ccc2c1-c1ccc(C#N)cc1. The van der Waals surface area contributed by atoms with Crippen molar-refractivity contribution in [1.82, 2.24) is 4.98 Å². The number of aromatic nitrogens is 1. The van der Waals surface area contributed by atoms with Crippen molar-refractivity contribution in [2.75, 3.05) is 7.11 Å². The normalized spacial score (nSPS) is 10.0. The van der Waals surface area contributed by atoms with Gasteiger partial charge >= 0.3 is 5.97 Å². The molecule has 3 aromatic rings. The lowest BCUT2D eigenvalue weighted by molar-refractivity contribution is 0.0596. The molecule has 0 amide bonds. The number of aromatic amines is 1. The van der Waals surface area contributed by atoms with Gasteiger partial charge in [-0.1, -0.05) is 18.2 Å². The van der Waals surface area contributed by atoms with Crippen LogP contribution >= 0.6 is 0 Å². The summed E-state index contributed by atoms with van der Waals surface area (Å²) < 4.78 is 4.84. The number of nitrogens with one attached hydrogen (secondary N) is 1. The highest BCUT2D eigenvalue weighted by Gasteiger charge is 2.20. The van der Waals surface area contributed by atoms with E-state index >= 15 is 0 Å². The summed E-state index contributed by atoms with van der Waals surface area (Å²) in [4.78, 5) is 15.1. The Morgan fingerprint density at radius 1 is 1.04 bits per heavy atom. The predicted octanol–water partition coefficient (Wildman–Crippen LogP) is 3.36. The van der Waals surface area contributed by atoms with Gasteiger partial charge in [0.2, 0.25) is 0 Å². The minimum Gasteiger partial charge on any atom is -0.464 e. The first kappa shape index (κ1) is 14.4. The van der Waals surface area contributed by atoms with E-state index in [0.29, 0.717) is 27.9 Å². The highest BCUT2D eigenvalue weighted by Crippen LogP contribution is 2.33. The number of ether oxygens (including phenoxy) is 1. The Balaban J connectivity index is 2.29. The van der Waals surface area contributed by atoms with Crippen molar-refractivity contribution in [3.63, 3.8) is 0 Å². The number of benzene rings is 2. The third-order valence-electron chi connectivity index (χ3n) is 3.62. The van der Waals surface area contributed by atoms with Gasteiger partial charge in [-0.2, -0.15) is 10.5 Å². The molecule has 110 valence electrons. The minimum absolute atomic E-state index is 0.322. The number of hydrogen-bond acceptors (Lipinski definition) is 4. The number of carbonyl (C=O) groups is 1. The van der Waals surface area contributed by atoms with Crippen LogP contribution in [0.2, 0.25) is 0 Å². The average molecular weight is 301 g/mol. The Bertz CT molecular complexity index is 986. The monoisotopic (exact) mass is 301 g/mol. The lowest BCUT2D eigenvalue weighted by Gasteiger charge is -2.04. The average Bonchev–Trinajstić information content (AvgIpc) is 2.99. The van der Waals surface area contributed by atoms with E-state index in [1.807, 2.05) is 0 Å². The summed E-state index contributed by atoms with van der Waals surface area (Å²) >= 11 is 0. The van der Waals surface area contributed by atoms with Crippen molar-refractivity contribution in [2.24, 2.45) is 0 Å². The number of nitrogens with zero attached hydrogens (tertiary/aromatic N) is 2. The molecule has 0 aliphatic heterocycles. The molecule has 0 aliphatic rings. The van der Waals surface area contributed by atoms with E-state index in [1.54, 1.807) is 42.5 Å². The fourth-order valence-corrected chi connectivity index (χ4v) is 2.53. The molecule has 0 spiro atoms. The van der Waals surface area contributed by atoms with Crippen molar-refractivity contribution in [3.05, 3.63) is 59.3 Å². The Kier molecular flexibility index (Phi) is 3.54. The van der Waals surface area contributed by atoms with Gasteiger partial charge < -0.3 is 9.72 Å². The third-order valence-corrected chi connectivity index (χ3v) is 3.62. The van der Waals surface area contributed by atoms with Gasteiger partial charge in [0.15, 0.2) is 0 Å². The van der Waals surface area contributed by atoms with E-state index in [0.717, 1.165) is 10.9 Å². The van der Waals surface area contributed by atoms with Gasteiger partial charge in [0.05, 0.1) is 30.4 Å². The molecule has 0 atom stereocenters. The van der Waals surface area contributed by atoms with Gasteiger partial charge in [-0.25, -0.2) is 4.79 Å². The number of methoxy groups -OCH3 is 1. The number of carbonyl (C=O) groups excluding carboxylic acids is 1. The Labute approximate surface area is 132 Å². The number of nitriles is 2. The Morgan fingerprint density at radius 2 is 1.70 bits per heavy atom. The molecule has 3 rings (SSSR count). The molecule has 2 aromatic carbocycles. The molecule has 1 N–H and O–H groups in total. The fourth-order valence-electron chi connectivity index (χ4n) is 2.53. The summed E-state index contributed by atoms with van der Waals surface area (Å²) in [7, 11) is 1.32. The van der Waals surface area contributed by atoms with Gasteiger partial charge in [0.25, 0.3) is 0 Å². The van der Waals surface area contributed by atoms with Crippen LogP contribution in [0.3, 0.4) is 0 Å². The fraction of sp³-hybridized carbons (Fsp3) is 0.0556. The summed E-state index contributed by atoms with van der Waals surface area (Å²) in [5.41, 5.74) is 3.54. The standard InChI is InChI=1S/C18H11N3O2/c1-23-18(22)17-16(13-5-2-11(9-19)3-6-13)14-7-4-12(10-20)8-15(14)21-17/h2-8,21H,1H3. The first-order chi connectivity index (χ1) is 11.2. The number of fused-ring (bicyclic) bond motifs is 1. The van der Waals surface area contributed by atoms with Gasteiger partial charge in [-0.3, -0.25) is 0 Å². The predicted molar refractivity (Wildman–Crippen MR) is 84.5 cm³/mol. The molecule has 0 unspecified atom stereocenters. The molecule has 0 fully saturated rings. The Morgan fingerprint density at radius 3 is 2.30 bits per heavy atom. The number of H-pyrrole nitrogens is 1. The quantitative estimate of drug-likeness (QED) is 0.735. The van der Waals surface area contributed by atoms with Crippen LogP contribution in [-0.4, -0.2) is 18.1 Å². The summed E-state index contributed by atoms with van der Waals surface area (Å²) in [5, 5.41) is 18.7. The van der Waals surface area contributed by atoms with E-state index in [4.69, 9.17) is 15.3 Å². The van der Waals surface area contributed by atoms with E-state index in [-0.39, 0.29) is 0 Å². The lowest BCUT2D eigenvalue weighted by Crippen LogP contribution is -2.03. The van der Waals surface area contributed by atoms with Gasteiger partial charge in [0.1, 0.15) is 5.69 Å². The van der Waals surface area contributed by atoms with Crippen LogP contribution in [0.25, 0.3) is 22.0 Å². The summed E-state index contributed by atoms with van der Waals surface area (Å²) in [5.74, 6) is -0.487. The third kappa shape index (κ3) is 2.41. The second-order valence-corrected chi connectivity index (χ2v) is 4.93. The molecule has 0 saturated heterocycles. The molecule has 23 heavy (non-hydrogen) atoms. The molecular weight excluding hydrogens is 290 g/mol. The maximum Gasteiger partial charge on any atom is 0.355 e. The van der Waals surface area contributed by atoms with Crippen molar-refractivity contribution in [1.29, 1.82) is 10.5 Å². The zero-order valence-corrected chi connectivity index (χ0v) is 12.3. The maximum atomic E-state index is 12.1. The van der Waals surface area contributed by atoms with E-state index in [9.17, 15) is 4.79 Å². The summed E-state index contributed by atoms with van der Waals surface area (Å²) in [6.45, 7) is 0. The Hall–Kier alpha value is -3.57. The van der Waals surface area contributed by atoms with Crippen LogP contribution in [0.5, 0.6) is 0 Å². The van der Waals surface area contributed by atoms with Crippen LogP contribution < -0.4 is 0 Å². The van der Waals surface area contributed by atoms with Crippen LogP contribution in [0.15, 0.2) is 42.5 Å². The molecular formula is C18H11N3O2. The van der Waals surface area contributed by atoms with Gasteiger partial charge in [-0.15, -0.1) is 0 Å². The first-order valence-electron chi connectivity index (χ1n) is 6.82. The summed E-state index contributed by atoms with van der Waals surface area (Å²) in [6, 6.07) is 16.3. The maximum absolute atomic E-state index is 12.1. The van der Waals surface area contributed by atoms with Gasteiger partial charge in [-0.05, 0) is 29.8 Å². The second-order valence-electron chi connectivity index (χ2n) is 4.93. The molecule has 1 aromatic heterocycles. The molecule has 1 heterocycles. The molecule has 0 radical (unpaired) electrons. The van der Waals surface area contributed by atoms with Crippen molar-refractivity contribution < 1.29 is 9.53 Å². The van der Waals surface area contributed by atoms with Crippen molar-refractivity contribution >= 4 is 16.9 Å². The highest BCUT2D eigenvalue weighted by atomic mass is 16.5. The topological polar surface area (TPSA) is 89.7 Å². The van der Waals surface area contributed by atoms with Crippen LogP contribution in [0.4, 0.5) is 0 Å². The van der Waals surface area contributed by atoms with Crippen molar-refractivity contribution in [2.45, 2.75) is 0 Å². The second kappa shape index (κ2) is 5.67. The van der Waals surface area contributed by atoms with E-state index < -0.39 is 5.97 Å². The molecule has 5 heteroatoms. The van der Waals surface area contributed by atoms with E-state index in [1.165, 1.54) is 7.11 Å². The van der Waals surface area contributed by atoms with Crippen LogP contribution in [-0.2, 0) is 4.74 Å². The zero-order chi connectivity index (χ0) is 16.4. The lowest BCUT2D eigenvalue weighted by atomic mass is 10.00. The van der Waals surface area contributed by atoms with Gasteiger partial charge in [0, 0.05) is 16.5 Å². The number of hydrogen-bond donors (Lipinski definition) is 1. The molecule has 0 aliphatic carbocycles.